The first-order chi connectivity index (χ1) is 10.2. The van der Waals surface area contributed by atoms with Crippen LogP contribution in [-0.2, 0) is 4.74 Å². The highest BCUT2D eigenvalue weighted by molar-refractivity contribution is 6.35. The van der Waals surface area contributed by atoms with Gasteiger partial charge in [0.2, 0.25) is 0 Å². The van der Waals surface area contributed by atoms with Crippen molar-refractivity contribution in [3.8, 4) is 6.07 Å². The van der Waals surface area contributed by atoms with E-state index >= 15 is 0 Å². The zero-order valence-corrected chi connectivity index (χ0v) is 12.2. The first kappa shape index (κ1) is 14.3. The number of fused-ring (bicyclic) bond motifs is 1. The quantitative estimate of drug-likeness (QED) is 0.925. The van der Waals surface area contributed by atoms with Crippen molar-refractivity contribution in [2.75, 3.05) is 13.2 Å². The number of nitriles is 1. The number of halogens is 1. The maximum absolute atomic E-state index is 10.8. The molecule has 108 valence electrons. The Labute approximate surface area is 127 Å². The van der Waals surface area contributed by atoms with Crippen LogP contribution in [-0.4, -0.2) is 23.3 Å². The van der Waals surface area contributed by atoms with Gasteiger partial charge in [0.1, 0.15) is 0 Å². The maximum Gasteiger partial charge on any atom is 0.0999 e. The smallest absolute Gasteiger partial charge is 0.0999 e. The molecule has 1 saturated heterocycles. The normalized spacial score (nSPS) is 19.1. The zero-order valence-electron chi connectivity index (χ0n) is 11.4. The number of nitrogens with zero attached hydrogens (tertiary/aromatic N) is 2. The van der Waals surface area contributed by atoms with Crippen molar-refractivity contribution in [3.05, 3.63) is 41.0 Å². The van der Waals surface area contributed by atoms with E-state index in [1.165, 1.54) is 0 Å². The zero-order chi connectivity index (χ0) is 14.9. The molecule has 0 amide bonds. The van der Waals surface area contributed by atoms with Crippen LogP contribution in [0.3, 0.4) is 0 Å². The number of aromatic nitrogens is 1. The van der Waals surface area contributed by atoms with E-state index in [0.717, 1.165) is 5.39 Å². The number of hydrogen-bond acceptors (Lipinski definition) is 4. The number of ether oxygens (including phenoxy) is 1. The lowest BCUT2D eigenvalue weighted by atomic mass is 9.74. The van der Waals surface area contributed by atoms with Gasteiger partial charge in [-0.25, -0.2) is 0 Å². The fourth-order valence-electron chi connectivity index (χ4n) is 2.86. The molecule has 1 aromatic heterocycles. The minimum atomic E-state index is -0.902. The molecule has 21 heavy (non-hydrogen) atoms. The highest BCUT2D eigenvalue weighted by atomic mass is 35.5. The molecule has 0 spiro atoms. The van der Waals surface area contributed by atoms with Crippen molar-refractivity contribution in [2.24, 2.45) is 5.41 Å². The molecule has 1 atom stereocenters. The summed E-state index contributed by atoms with van der Waals surface area (Å²) in [6.45, 7) is 0.979. The van der Waals surface area contributed by atoms with Gasteiger partial charge in [-0.05, 0) is 31.0 Å². The van der Waals surface area contributed by atoms with Crippen molar-refractivity contribution in [1.82, 2.24) is 4.98 Å². The molecule has 1 fully saturated rings. The van der Waals surface area contributed by atoms with Crippen LogP contribution in [0.15, 0.2) is 30.5 Å². The molecule has 4 nitrogen and oxygen atoms in total. The second kappa shape index (κ2) is 5.61. The summed E-state index contributed by atoms with van der Waals surface area (Å²) in [6, 6.07) is 9.48. The van der Waals surface area contributed by atoms with Crippen molar-refractivity contribution >= 4 is 22.5 Å². The van der Waals surface area contributed by atoms with Crippen molar-refractivity contribution in [1.29, 1.82) is 5.26 Å². The van der Waals surface area contributed by atoms with Gasteiger partial charge >= 0.3 is 0 Å². The Balaban J connectivity index is 2.12. The summed E-state index contributed by atoms with van der Waals surface area (Å²) in [5, 5.41) is 21.8. The van der Waals surface area contributed by atoms with Crippen LogP contribution in [0.25, 0.3) is 10.9 Å². The Morgan fingerprint density at radius 3 is 2.81 bits per heavy atom. The molecule has 2 aromatic rings. The van der Waals surface area contributed by atoms with Gasteiger partial charge in [-0.1, -0.05) is 17.7 Å². The summed E-state index contributed by atoms with van der Waals surface area (Å²) in [7, 11) is 0. The molecular formula is C16H15ClN2O2. The second-order valence-electron chi connectivity index (χ2n) is 5.32. The summed E-state index contributed by atoms with van der Waals surface area (Å²) in [6.07, 6.45) is 1.79. The van der Waals surface area contributed by atoms with Crippen LogP contribution < -0.4 is 0 Å². The van der Waals surface area contributed by atoms with Crippen molar-refractivity contribution in [3.63, 3.8) is 0 Å². The van der Waals surface area contributed by atoms with Crippen LogP contribution in [0.4, 0.5) is 0 Å². The monoisotopic (exact) mass is 302 g/mol. The number of aliphatic hydroxyl groups excluding tert-OH is 1. The van der Waals surface area contributed by atoms with Crippen LogP contribution >= 0.6 is 11.6 Å². The topological polar surface area (TPSA) is 66.1 Å². The summed E-state index contributed by atoms with van der Waals surface area (Å²) in [5.74, 6) is 0. The lowest BCUT2D eigenvalue weighted by Crippen LogP contribution is -2.34. The van der Waals surface area contributed by atoms with Crippen molar-refractivity contribution < 1.29 is 9.84 Å². The number of hydrogen-bond donors (Lipinski definition) is 1. The van der Waals surface area contributed by atoms with Gasteiger partial charge in [0.05, 0.1) is 23.1 Å². The van der Waals surface area contributed by atoms with Gasteiger partial charge in [0, 0.05) is 35.4 Å². The van der Waals surface area contributed by atoms with E-state index in [1.54, 1.807) is 24.4 Å². The molecule has 2 heterocycles. The lowest BCUT2D eigenvalue weighted by Gasteiger charge is -2.35. The number of aliphatic hydroxyl groups is 1. The van der Waals surface area contributed by atoms with E-state index in [4.69, 9.17) is 16.3 Å². The van der Waals surface area contributed by atoms with Crippen LogP contribution in [0.5, 0.6) is 0 Å². The van der Waals surface area contributed by atoms with E-state index < -0.39 is 11.5 Å². The molecular weight excluding hydrogens is 288 g/mol. The molecule has 1 N–H and O–H groups in total. The van der Waals surface area contributed by atoms with E-state index in [2.05, 4.69) is 11.1 Å². The third kappa shape index (κ3) is 2.38. The third-order valence-corrected chi connectivity index (χ3v) is 4.50. The fourth-order valence-corrected chi connectivity index (χ4v) is 3.08. The maximum atomic E-state index is 10.8. The number of rotatable bonds is 2. The Morgan fingerprint density at radius 1 is 1.33 bits per heavy atom. The minimum Gasteiger partial charge on any atom is -0.387 e. The number of pyridine rings is 1. The predicted molar refractivity (Wildman–Crippen MR) is 79.8 cm³/mol. The van der Waals surface area contributed by atoms with Gasteiger partial charge < -0.3 is 9.84 Å². The van der Waals surface area contributed by atoms with Gasteiger partial charge in [-0.3, -0.25) is 4.98 Å². The molecule has 0 aliphatic carbocycles. The van der Waals surface area contributed by atoms with E-state index in [9.17, 15) is 10.4 Å². The highest BCUT2D eigenvalue weighted by Gasteiger charge is 2.41. The molecule has 3 rings (SSSR count). The minimum absolute atomic E-state index is 0.490. The first-order valence-corrected chi connectivity index (χ1v) is 7.26. The summed E-state index contributed by atoms with van der Waals surface area (Å²) < 4.78 is 5.32. The van der Waals surface area contributed by atoms with Gasteiger partial charge in [0.25, 0.3) is 0 Å². The summed E-state index contributed by atoms with van der Waals surface area (Å²) in [4.78, 5) is 4.34. The Hall–Kier alpha value is -1.67. The SMILES string of the molecule is N#CC1(C(O)c2ccc(Cl)c3cccnc23)CCOCC1. The van der Waals surface area contributed by atoms with Gasteiger partial charge in [-0.15, -0.1) is 0 Å². The van der Waals surface area contributed by atoms with E-state index in [-0.39, 0.29) is 0 Å². The predicted octanol–water partition coefficient (Wildman–Crippen LogP) is 3.24. The standard InChI is InChI=1S/C16H15ClN2O2/c17-13-4-3-12(14-11(13)2-1-7-19-14)15(20)16(10-18)5-8-21-9-6-16/h1-4,7,15,20H,5-6,8-9H2. The lowest BCUT2D eigenvalue weighted by molar-refractivity contribution is -0.0305. The molecule has 1 unspecified atom stereocenters. The Bertz CT molecular complexity index is 705. The highest BCUT2D eigenvalue weighted by Crippen LogP contribution is 2.44. The number of benzene rings is 1. The molecule has 0 bridgehead atoms. The van der Waals surface area contributed by atoms with Gasteiger partial charge in [0.15, 0.2) is 0 Å². The third-order valence-electron chi connectivity index (χ3n) is 4.17. The van der Waals surface area contributed by atoms with Crippen LogP contribution in [0.2, 0.25) is 5.02 Å². The Morgan fingerprint density at radius 2 is 2.10 bits per heavy atom. The van der Waals surface area contributed by atoms with Crippen LogP contribution in [0.1, 0.15) is 24.5 Å². The Kier molecular flexibility index (Phi) is 3.81. The van der Waals surface area contributed by atoms with Gasteiger partial charge in [-0.2, -0.15) is 5.26 Å². The van der Waals surface area contributed by atoms with Crippen molar-refractivity contribution in [2.45, 2.75) is 18.9 Å². The first-order valence-electron chi connectivity index (χ1n) is 6.88. The fraction of sp³-hybridized carbons (Fsp3) is 0.375. The largest absolute Gasteiger partial charge is 0.387 e. The van der Waals surface area contributed by atoms with E-state index in [1.807, 2.05) is 6.07 Å². The summed E-state index contributed by atoms with van der Waals surface area (Å²) in [5.41, 5.74) is 0.480. The molecule has 0 radical (unpaired) electrons. The van der Waals surface area contributed by atoms with Crippen LogP contribution in [0, 0.1) is 16.7 Å². The average Bonchev–Trinajstić information content (AvgIpc) is 2.55. The second-order valence-corrected chi connectivity index (χ2v) is 5.73. The molecule has 1 aliphatic heterocycles. The molecule has 5 heteroatoms. The summed E-state index contributed by atoms with van der Waals surface area (Å²) >= 11 is 6.18. The van der Waals surface area contributed by atoms with E-state index in [0.29, 0.717) is 42.2 Å². The average molecular weight is 303 g/mol. The molecule has 0 saturated carbocycles. The molecule has 1 aromatic carbocycles. The molecule has 1 aliphatic rings.